The number of rotatable bonds is 4. The van der Waals surface area contributed by atoms with Gasteiger partial charge in [0.15, 0.2) is 0 Å². The van der Waals surface area contributed by atoms with E-state index in [-0.39, 0.29) is 15.5 Å². The van der Waals surface area contributed by atoms with Crippen LogP contribution < -0.4 is 4.72 Å². The maximum absolute atomic E-state index is 12.4. The van der Waals surface area contributed by atoms with Gasteiger partial charge in [0.1, 0.15) is 0 Å². The lowest BCUT2D eigenvalue weighted by Crippen LogP contribution is -2.30. The summed E-state index contributed by atoms with van der Waals surface area (Å²) in [6.45, 7) is 0. The summed E-state index contributed by atoms with van der Waals surface area (Å²) in [5.41, 5.74) is 0.593. The van der Waals surface area contributed by atoms with Gasteiger partial charge >= 0.3 is 0 Å². The summed E-state index contributed by atoms with van der Waals surface area (Å²) in [4.78, 5) is 12.3. The number of carbonyl (C=O) groups excluding carboxylic acids is 1. The van der Waals surface area contributed by atoms with Gasteiger partial charge in [0.05, 0.1) is 21.2 Å². The average molecular weight is 396 g/mol. The first-order valence-corrected chi connectivity index (χ1v) is 9.23. The molecule has 1 N–H and O–H groups in total. The molecular formula is C16H11Cl2N3O3S. The highest BCUT2D eigenvalue weighted by atomic mass is 35.5. The summed E-state index contributed by atoms with van der Waals surface area (Å²) in [6.07, 6.45) is 3.27. The van der Waals surface area contributed by atoms with Crippen LogP contribution in [0.3, 0.4) is 0 Å². The normalized spacial score (nSPS) is 11.3. The Labute approximate surface area is 154 Å². The van der Waals surface area contributed by atoms with Gasteiger partial charge in [-0.05, 0) is 48.5 Å². The number of halogens is 2. The third kappa shape index (κ3) is 3.84. The highest BCUT2D eigenvalue weighted by Crippen LogP contribution is 2.21. The molecule has 1 heterocycles. The Morgan fingerprint density at radius 2 is 1.80 bits per heavy atom. The molecule has 0 aliphatic rings. The van der Waals surface area contributed by atoms with Gasteiger partial charge in [-0.3, -0.25) is 4.79 Å². The lowest BCUT2D eigenvalue weighted by Gasteiger charge is -2.10. The van der Waals surface area contributed by atoms with Crippen LogP contribution in [0.25, 0.3) is 5.69 Å². The van der Waals surface area contributed by atoms with Gasteiger partial charge in [-0.1, -0.05) is 23.2 Å². The lowest BCUT2D eigenvalue weighted by molar-refractivity contribution is 0.0981. The van der Waals surface area contributed by atoms with Gasteiger partial charge in [0.25, 0.3) is 15.9 Å². The van der Waals surface area contributed by atoms with E-state index in [1.54, 1.807) is 24.5 Å². The fourth-order valence-electron chi connectivity index (χ4n) is 2.10. The number of amides is 1. The molecule has 3 aromatic rings. The van der Waals surface area contributed by atoms with Crippen LogP contribution in [0, 0.1) is 0 Å². The van der Waals surface area contributed by atoms with Crippen LogP contribution in [0.2, 0.25) is 10.0 Å². The summed E-state index contributed by atoms with van der Waals surface area (Å²) >= 11 is 11.8. The minimum Gasteiger partial charge on any atom is -0.268 e. The zero-order chi connectivity index (χ0) is 18.0. The highest BCUT2D eigenvalue weighted by molar-refractivity contribution is 7.90. The molecule has 0 saturated heterocycles. The van der Waals surface area contributed by atoms with Crippen LogP contribution in [0.1, 0.15) is 10.4 Å². The second-order valence-electron chi connectivity index (χ2n) is 5.00. The van der Waals surface area contributed by atoms with Crippen molar-refractivity contribution in [3.63, 3.8) is 0 Å². The van der Waals surface area contributed by atoms with E-state index >= 15 is 0 Å². The molecule has 0 radical (unpaired) electrons. The van der Waals surface area contributed by atoms with Crippen molar-refractivity contribution in [1.29, 1.82) is 0 Å². The maximum atomic E-state index is 12.4. The smallest absolute Gasteiger partial charge is 0.266 e. The molecule has 0 unspecified atom stereocenters. The fourth-order valence-corrected chi connectivity index (χ4v) is 3.40. The Morgan fingerprint density at radius 1 is 1.08 bits per heavy atom. The van der Waals surface area contributed by atoms with Crippen molar-refractivity contribution in [2.75, 3.05) is 0 Å². The maximum Gasteiger partial charge on any atom is 0.266 e. The molecule has 1 aromatic heterocycles. The topological polar surface area (TPSA) is 81.1 Å². The Bertz CT molecular complexity index is 1020. The second-order valence-corrected chi connectivity index (χ2v) is 7.53. The van der Waals surface area contributed by atoms with E-state index in [9.17, 15) is 13.2 Å². The summed E-state index contributed by atoms with van der Waals surface area (Å²) in [7, 11) is -4.05. The first-order valence-electron chi connectivity index (χ1n) is 6.99. The summed E-state index contributed by atoms with van der Waals surface area (Å²) in [5.74, 6) is -0.839. The molecule has 2 aromatic carbocycles. The number of nitrogens with one attached hydrogen (secondary N) is 1. The van der Waals surface area contributed by atoms with E-state index < -0.39 is 15.9 Å². The molecule has 0 aliphatic carbocycles. The van der Waals surface area contributed by atoms with Crippen LogP contribution in [0.15, 0.2) is 65.8 Å². The van der Waals surface area contributed by atoms with Gasteiger partial charge < -0.3 is 0 Å². The molecule has 0 saturated carbocycles. The number of nitrogens with zero attached hydrogens (tertiary/aromatic N) is 2. The van der Waals surface area contributed by atoms with Crippen molar-refractivity contribution < 1.29 is 13.2 Å². The van der Waals surface area contributed by atoms with Crippen LogP contribution >= 0.6 is 23.2 Å². The van der Waals surface area contributed by atoms with Crippen molar-refractivity contribution in [1.82, 2.24) is 14.5 Å². The van der Waals surface area contributed by atoms with Crippen molar-refractivity contribution >= 4 is 39.1 Å². The van der Waals surface area contributed by atoms with Crippen molar-refractivity contribution in [3.05, 3.63) is 76.5 Å². The second kappa shape index (κ2) is 6.87. The molecule has 0 atom stereocenters. The first kappa shape index (κ1) is 17.5. The Kier molecular flexibility index (Phi) is 4.80. The molecular weight excluding hydrogens is 385 g/mol. The predicted octanol–water partition coefficient (Wildman–Crippen LogP) is 3.30. The van der Waals surface area contributed by atoms with Crippen molar-refractivity contribution in [3.8, 4) is 5.69 Å². The minimum absolute atomic E-state index is 0.0206. The zero-order valence-electron chi connectivity index (χ0n) is 12.6. The number of hydrogen-bond acceptors (Lipinski definition) is 4. The van der Waals surface area contributed by atoms with Crippen LogP contribution in [-0.2, 0) is 10.0 Å². The molecule has 25 heavy (non-hydrogen) atoms. The van der Waals surface area contributed by atoms with E-state index in [1.165, 1.54) is 41.1 Å². The monoisotopic (exact) mass is 395 g/mol. The average Bonchev–Trinajstić information content (AvgIpc) is 3.09. The number of hydrogen-bond donors (Lipinski definition) is 1. The Balaban J connectivity index is 1.90. The van der Waals surface area contributed by atoms with E-state index in [4.69, 9.17) is 23.2 Å². The molecule has 128 valence electrons. The summed E-state index contributed by atoms with van der Waals surface area (Å²) in [6, 6.07) is 11.8. The van der Waals surface area contributed by atoms with E-state index in [0.29, 0.717) is 10.7 Å². The fraction of sp³-hybridized carbons (Fsp3) is 0. The molecule has 9 heteroatoms. The SMILES string of the molecule is O=C(NS(=O)(=O)c1ccc(Cl)cc1)c1cc(-n2cccn2)ccc1Cl. The third-order valence-electron chi connectivity index (χ3n) is 3.31. The van der Waals surface area contributed by atoms with Crippen LogP contribution in [0.4, 0.5) is 0 Å². The molecule has 6 nitrogen and oxygen atoms in total. The molecule has 0 spiro atoms. The van der Waals surface area contributed by atoms with Crippen LogP contribution in [-0.4, -0.2) is 24.1 Å². The van der Waals surface area contributed by atoms with E-state index in [1.807, 2.05) is 4.72 Å². The van der Waals surface area contributed by atoms with Crippen molar-refractivity contribution in [2.45, 2.75) is 4.90 Å². The largest absolute Gasteiger partial charge is 0.268 e. The van der Waals surface area contributed by atoms with Gasteiger partial charge in [0, 0.05) is 17.4 Å². The zero-order valence-corrected chi connectivity index (χ0v) is 14.9. The minimum atomic E-state index is -4.05. The van der Waals surface area contributed by atoms with Gasteiger partial charge in [-0.25, -0.2) is 17.8 Å². The number of sulfonamides is 1. The molecule has 1 amide bonds. The number of carbonyl (C=O) groups is 1. The van der Waals surface area contributed by atoms with Gasteiger partial charge in [-0.2, -0.15) is 5.10 Å². The Morgan fingerprint density at radius 3 is 2.44 bits per heavy atom. The van der Waals surface area contributed by atoms with Gasteiger partial charge in [0.2, 0.25) is 0 Å². The standard InChI is InChI=1S/C16H11Cl2N3O3S/c17-11-2-5-13(6-3-11)25(23,24)20-16(22)14-10-12(4-7-15(14)18)21-9-1-8-19-21/h1-10H,(H,20,22). The molecule has 3 rings (SSSR count). The molecule has 0 aliphatic heterocycles. The summed E-state index contributed by atoms with van der Waals surface area (Å²) in [5, 5.41) is 4.57. The highest BCUT2D eigenvalue weighted by Gasteiger charge is 2.21. The quantitative estimate of drug-likeness (QED) is 0.734. The van der Waals surface area contributed by atoms with Gasteiger partial charge in [-0.15, -0.1) is 0 Å². The van der Waals surface area contributed by atoms with E-state index in [0.717, 1.165) is 0 Å². The molecule has 0 fully saturated rings. The molecule has 0 bridgehead atoms. The van der Waals surface area contributed by atoms with E-state index in [2.05, 4.69) is 5.10 Å². The summed E-state index contributed by atoms with van der Waals surface area (Å²) < 4.78 is 28.2. The van der Waals surface area contributed by atoms with Crippen LogP contribution in [0.5, 0.6) is 0 Å². The Hall–Kier alpha value is -2.35. The number of benzene rings is 2. The lowest BCUT2D eigenvalue weighted by atomic mass is 10.2. The third-order valence-corrected chi connectivity index (χ3v) is 5.24. The first-order chi connectivity index (χ1) is 11.9. The number of aromatic nitrogens is 2. The predicted molar refractivity (Wildman–Crippen MR) is 94.7 cm³/mol. The van der Waals surface area contributed by atoms with Crippen molar-refractivity contribution in [2.24, 2.45) is 0 Å².